The molecule has 0 aliphatic rings. The van der Waals surface area contributed by atoms with Crippen LogP contribution in [0, 0.1) is 27.7 Å². The fourth-order valence-electron chi connectivity index (χ4n) is 2.22. The van der Waals surface area contributed by atoms with E-state index in [1.54, 1.807) is 12.4 Å². The quantitative estimate of drug-likeness (QED) is 0.905. The van der Waals surface area contributed by atoms with Crippen molar-refractivity contribution in [1.29, 1.82) is 0 Å². The number of aromatic nitrogens is 2. The summed E-state index contributed by atoms with van der Waals surface area (Å²) in [6.07, 6.45) is 3.27. The lowest BCUT2D eigenvalue weighted by molar-refractivity contribution is 0.0949. The van der Waals surface area contributed by atoms with Gasteiger partial charge in [-0.3, -0.25) is 14.6 Å². The monoisotopic (exact) mass is 285 g/mol. The lowest BCUT2D eigenvalue weighted by Crippen LogP contribution is -2.28. The summed E-state index contributed by atoms with van der Waals surface area (Å²) < 4.78 is 0. The Kier molecular flexibility index (Phi) is 4.21. The molecule has 2 N–H and O–H groups in total. The third kappa shape index (κ3) is 3.18. The van der Waals surface area contributed by atoms with Crippen LogP contribution in [-0.2, 0) is 6.54 Å². The number of hydrogen-bond donors (Lipinski definition) is 2. The zero-order chi connectivity index (χ0) is 15.6. The van der Waals surface area contributed by atoms with Gasteiger partial charge in [0.15, 0.2) is 0 Å². The van der Waals surface area contributed by atoms with Gasteiger partial charge < -0.3 is 10.3 Å². The predicted molar refractivity (Wildman–Crippen MR) is 81.4 cm³/mol. The van der Waals surface area contributed by atoms with Crippen LogP contribution < -0.4 is 10.9 Å². The Morgan fingerprint density at radius 1 is 1.19 bits per heavy atom. The van der Waals surface area contributed by atoms with Crippen LogP contribution in [0.4, 0.5) is 0 Å². The number of aromatic amines is 1. The van der Waals surface area contributed by atoms with Crippen LogP contribution in [-0.4, -0.2) is 15.9 Å². The molecule has 1 amide bonds. The van der Waals surface area contributed by atoms with Crippen LogP contribution in [0.15, 0.2) is 23.3 Å². The van der Waals surface area contributed by atoms with Gasteiger partial charge in [-0.25, -0.2) is 0 Å². The molecule has 0 aromatic carbocycles. The van der Waals surface area contributed by atoms with Crippen molar-refractivity contribution in [1.82, 2.24) is 15.3 Å². The van der Waals surface area contributed by atoms with E-state index < -0.39 is 0 Å². The largest absolute Gasteiger partial charge is 0.348 e. The Balaban J connectivity index is 2.19. The molecule has 0 atom stereocenters. The van der Waals surface area contributed by atoms with E-state index in [1.807, 2.05) is 33.8 Å². The summed E-state index contributed by atoms with van der Waals surface area (Å²) in [7, 11) is 0. The van der Waals surface area contributed by atoms with Crippen LogP contribution in [0.25, 0.3) is 0 Å². The van der Waals surface area contributed by atoms with Crippen LogP contribution in [0.5, 0.6) is 0 Å². The summed E-state index contributed by atoms with van der Waals surface area (Å²) in [6.45, 7) is 7.69. The van der Waals surface area contributed by atoms with E-state index in [1.165, 1.54) is 0 Å². The van der Waals surface area contributed by atoms with Crippen LogP contribution in [0.2, 0.25) is 0 Å². The van der Waals surface area contributed by atoms with Gasteiger partial charge in [-0.15, -0.1) is 0 Å². The van der Waals surface area contributed by atoms with Crippen molar-refractivity contribution in [3.63, 3.8) is 0 Å². The van der Waals surface area contributed by atoms with Gasteiger partial charge in [-0.05, 0) is 50.5 Å². The summed E-state index contributed by atoms with van der Waals surface area (Å²) in [5.41, 5.74) is 4.50. The molecule has 5 nitrogen and oxygen atoms in total. The average molecular weight is 285 g/mol. The highest BCUT2D eigenvalue weighted by Gasteiger charge is 2.12. The molecular formula is C16H19N3O2. The maximum Gasteiger partial charge on any atom is 0.253 e. The molecule has 0 fully saturated rings. The first kappa shape index (κ1) is 15.0. The second-order valence-electron chi connectivity index (χ2n) is 5.25. The van der Waals surface area contributed by atoms with Crippen molar-refractivity contribution < 1.29 is 4.79 Å². The van der Waals surface area contributed by atoms with E-state index in [2.05, 4.69) is 15.3 Å². The molecule has 2 aromatic rings. The van der Waals surface area contributed by atoms with Gasteiger partial charge >= 0.3 is 0 Å². The van der Waals surface area contributed by atoms with Gasteiger partial charge in [0.05, 0.1) is 5.56 Å². The molecule has 0 aliphatic carbocycles. The first-order valence-corrected chi connectivity index (χ1v) is 6.79. The Bertz CT molecular complexity index is 748. The van der Waals surface area contributed by atoms with Crippen molar-refractivity contribution in [3.05, 3.63) is 62.3 Å². The lowest BCUT2D eigenvalue weighted by atomic mass is 10.1. The van der Waals surface area contributed by atoms with E-state index in [-0.39, 0.29) is 18.0 Å². The van der Waals surface area contributed by atoms with Gasteiger partial charge in [0, 0.05) is 30.2 Å². The van der Waals surface area contributed by atoms with Gasteiger partial charge in [0.25, 0.3) is 11.5 Å². The minimum absolute atomic E-state index is 0.160. The number of nitrogens with one attached hydrogen (secondary N) is 2. The zero-order valence-electron chi connectivity index (χ0n) is 12.7. The van der Waals surface area contributed by atoms with Crippen LogP contribution >= 0.6 is 0 Å². The lowest BCUT2D eigenvalue weighted by Gasteiger charge is -2.10. The van der Waals surface area contributed by atoms with Crippen molar-refractivity contribution in [2.75, 3.05) is 0 Å². The molecule has 21 heavy (non-hydrogen) atoms. The first-order chi connectivity index (χ1) is 9.90. The molecule has 0 aliphatic heterocycles. The second kappa shape index (κ2) is 5.91. The number of rotatable bonds is 3. The normalized spacial score (nSPS) is 10.5. The summed E-state index contributed by atoms with van der Waals surface area (Å²) >= 11 is 0. The highest BCUT2D eigenvalue weighted by Crippen LogP contribution is 2.11. The highest BCUT2D eigenvalue weighted by atomic mass is 16.1. The SMILES string of the molecule is Cc1cc(C)c(CNC(=O)c2cncc(C)c2C)c(=O)[nH]1. The minimum Gasteiger partial charge on any atom is -0.348 e. The number of pyridine rings is 2. The number of H-pyrrole nitrogens is 1. The maximum absolute atomic E-state index is 12.2. The van der Waals surface area contributed by atoms with Gasteiger partial charge in [0.2, 0.25) is 0 Å². The molecule has 110 valence electrons. The van der Waals surface area contributed by atoms with Crippen LogP contribution in [0.1, 0.15) is 38.3 Å². The molecule has 0 radical (unpaired) electrons. The fraction of sp³-hybridized carbons (Fsp3) is 0.312. The zero-order valence-corrected chi connectivity index (χ0v) is 12.7. The average Bonchev–Trinajstić information content (AvgIpc) is 2.40. The topological polar surface area (TPSA) is 74.8 Å². The second-order valence-corrected chi connectivity index (χ2v) is 5.25. The standard InChI is InChI=1S/C16H19N3O2/c1-9-5-11(3)19-16(21)13(9)8-18-15(20)14-7-17-6-10(2)12(14)4/h5-7H,8H2,1-4H3,(H,18,20)(H,19,21). The minimum atomic E-state index is -0.219. The van der Waals surface area contributed by atoms with Gasteiger partial charge in [0.1, 0.15) is 0 Å². The van der Waals surface area contributed by atoms with Crippen molar-refractivity contribution in [2.24, 2.45) is 0 Å². The number of nitrogens with zero attached hydrogens (tertiary/aromatic N) is 1. The number of amides is 1. The molecule has 2 heterocycles. The Hall–Kier alpha value is -2.43. The summed E-state index contributed by atoms with van der Waals surface area (Å²) in [5.74, 6) is -0.219. The first-order valence-electron chi connectivity index (χ1n) is 6.79. The molecule has 5 heteroatoms. The molecule has 0 spiro atoms. The Morgan fingerprint density at radius 2 is 1.90 bits per heavy atom. The molecule has 0 unspecified atom stereocenters. The molecule has 0 saturated carbocycles. The molecule has 0 saturated heterocycles. The Morgan fingerprint density at radius 3 is 2.57 bits per heavy atom. The summed E-state index contributed by atoms with van der Waals surface area (Å²) in [4.78, 5) is 30.9. The predicted octanol–water partition coefficient (Wildman–Crippen LogP) is 1.93. The van der Waals surface area contributed by atoms with E-state index in [0.717, 1.165) is 22.4 Å². The third-order valence-corrected chi connectivity index (χ3v) is 3.63. The molecule has 0 bridgehead atoms. The van der Waals surface area contributed by atoms with Crippen molar-refractivity contribution in [2.45, 2.75) is 34.2 Å². The highest BCUT2D eigenvalue weighted by molar-refractivity contribution is 5.95. The molecule has 2 rings (SSSR count). The van der Waals surface area contributed by atoms with E-state index >= 15 is 0 Å². The summed E-state index contributed by atoms with van der Waals surface area (Å²) in [6, 6.07) is 1.89. The van der Waals surface area contributed by atoms with Gasteiger partial charge in [-0.1, -0.05) is 0 Å². The van der Waals surface area contributed by atoms with Gasteiger partial charge in [-0.2, -0.15) is 0 Å². The smallest absolute Gasteiger partial charge is 0.253 e. The number of carbonyl (C=O) groups excluding carboxylic acids is 1. The van der Waals surface area contributed by atoms with E-state index in [9.17, 15) is 9.59 Å². The van der Waals surface area contributed by atoms with E-state index in [0.29, 0.717) is 11.1 Å². The third-order valence-electron chi connectivity index (χ3n) is 3.63. The Labute approximate surface area is 123 Å². The molecular weight excluding hydrogens is 266 g/mol. The molecule has 2 aromatic heterocycles. The van der Waals surface area contributed by atoms with E-state index in [4.69, 9.17) is 0 Å². The summed E-state index contributed by atoms with van der Waals surface area (Å²) in [5, 5.41) is 2.79. The maximum atomic E-state index is 12.2. The fourth-order valence-corrected chi connectivity index (χ4v) is 2.22. The van der Waals surface area contributed by atoms with Crippen molar-refractivity contribution in [3.8, 4) is 0 Å². The number of carbonyl (C=O) groups is 1. The number of aryl methyl sites for hydroxylation is 3. The number of hydrogen-bond acceptors (Lipinski definition) is 3. The van der Waals surface area contributed by atoms with Crippen LogP contribution in [0.3, 0.4) is 0 Å². The van der Waals surface area contributed by atoms with Crippen molar-refractivity contribution >= 4 is 5.91 Å².